The Morgan fingerprint density at radius 2 is 2.22 bits per heavy atom. The highest BCUT2D eigenvalue weighted by atomic mass is 32.1. The number of carbonyl (C=O) groups is 3. The zero-order chi connectivity index (χ0) is 19.4. The van der Waals surface area contributed by atoms with Gasteiger partial charge >= 0.3 is 5.97 Å². The van der Waals surface area contributed by atoms with Crippen molar-refractivity contribution in [3.8, 4) is 10.6 Å². The number of carbonyl (C=O) groups excluding carboxylic acids is 2. The number of pyridine rings is 1. The normalized spacial score (nSPS) is 16.8. The number of thiazole rings is 1. The van der Waals surface area contributed by atoms with Gasteiger partial charge in [-0.3, -0.25) is 19.4 Å². The van der Waals surface area contributed by atoms with E-state index in [0.29, 0.717) is 30.0 Å². The molecule has 0 aromatic carbocycles. The summed E-state index contributed by atoms with van der Waals surface area (Å²) in [5, 5.41) is 11.8. The Kier molecular flexibility index (Phi) is 5.80. The van der Waals surface area contributed by atoms with Crippen molar-refractivity contribution in [3.63, 3.8) is 0 Å². The number of rotatable bonds is 5. The maximum absolute atomic E-state index is 13.0. The first-order chi connectivity index (χ1) is 13.0. The number of hydrogen-bond acceptors (Lipinski definition) is 6. The molecule has 8 nitrogen and oxygen atoms in total. The highest BCUT2D eigenvalue weighted by molar-refractivity contribution is 7.17. The van der Waals surface area contributed by atoms with Crippen LogP contribution in [0.25, 0.3) is 10.6 Å². The number of nitrogens with one attached hydrogen (secondary N) is 1. The summed E-state index contributed by atoms with van der Waals surface area (Å²) in [6.45, 7) is 2.24. The van der Waals surface area contributed by atoms with Crippen molar-refractivity contribution in [2.45, 2.75) is 19.8 Å². The minimum atomic E-state index is -1.09. The van der Waals surface area contributed by atoms with Crippen LogP contribution in [0.2, 0.25) is 0 Å². The molecule has 0 bridgehead atoms. The Labute approximate surface area is 160 Å². The number of piperidine rings is 1. The molecular formula is C18H20N4O4S. The van der Waals surface area contributed by atoms with Crippen LogP contribution in [-0.4, -0.2) is 57.4 Å². The highest BCUT2D eigenvalue weighted by Gasteiger charge is 2.30. The molecule has 142 valence electrons. The molecule has 2 amide bonds. The van der Waals surface area contributed by atoms with Crippen LogP contribution in [-0.2, 0) is 9.59 Å². The van der Waals surface area contributed by atoms with Gasteiger partial charge in [0.2, 0.25) is 5.91 Å². The number of aromatic nitrogens is 2. The highest BCUT2D eigenvalue weighted by Crippen LogP contribution is 2.29. The van der Waals surface area contributed by atoms with E-state index in [9.17, 15) is 14.4 Å². The fraction of sp³-hybridized carbons (Fsp3) is 0.389. The van der Waals surface area contributed by atoms with E-state index in [0.717, 1.165) is 10.6 Å². The molecule has 9 heteroatoms. The topological polar surface area (TPSA) is 112 Å². The van der Waals surface area contributed by atoms with E-state index in [1.165, 1.54) is 11.3 Å². The van der Waals surface area contributed by atoms with Crippen molar-refractivity contribution >= 4 is 29.1 Å². The Bertz CT molecular complexity index is 852. The van der Waals surface area contributed by atoms with Gasteiger partial charge in [-0.25, -0.2) is 4.98 Å². The smallest absolute Gasteiger partial charge is 0.322 e. The van der Waals surface area contributed by atoms with Crippen LogP contribution < -0.4 is 5.32 Å². The molecule has 1 aliphatic heterocycles. The van der Waals surface area contributed by atoms with Crippen LogP contribution in [0.3, 0.4) is 0 Å². The van der Waals surface area contributed by atoms with Gasteiger partial charge in [-0.15, -0.1) is 11.3 Å². The second-order valence-corrected chi connectivity index (χ2v) is 7.38. The number of carboxylic acid groups (broad SMARTS) is 1. The van der Waals surface area contributed by atoms with Crippen molar-refractivity contribution in [1.82, 2.24) is 20.2 Å². The molecule has 0 spiro atoms. The third-order valence-corrected chi connectivity index (χ3v) is 5.59. The predicted molar refractivity (Wildman–Crippen MR) is 99.4 cm³/mol. The molecule has 1 fully saturated rings. The van der Waals surface area contributed by atoms with Crippen LogP contribution in [0.5, 0.6) is 0 Å². The van der Waals surface area contributed by atoms with Gasteiger partial charge in [0.25, 0.3) is 5.91 Å². The minimum Gasteiger partial charge on any atom is -0.480 e. The summed E-state index contributed by atoms with van der Waals surface area (Å²) < 4.78 is 0. The van der Waals surface area contributed by atoms with Gasteiger partial charge in [0.15, 0.2) is 0 Å². The third-order valence-electron chi connectivity index (χ3n) is 4.39. The summed E-state index contributed by atoms with van der Waals surface area (Å²) in [6.07, 6.45) is 4.72. The Morgan fingerprint density at radius 3 is 2.93 bits per heavy atom. The van der Waals surface area contributed by atoms with Crippen molar-refractivity contribution < 1.29 is 19.5 Å². The number of aliphatic carboxylic acids is 1. The summed E-state index contributed by atoms with van der Waals surface area (Å²) >= 11 is 1.32. The average molecular weight is 388 g/mol. The van der Waals surface area contributed by atoms with Crippen LogP contribution in [0.4, 0.5) is 0 Å². The average Bonchev–Trinajstić information content (AvgIpc) is 3.08. The second kappa shape index (κ2) is 8.26. The quantitative estimate of drug-likeness (QED) is 0.804. The van der Waals surface area contributed by atoms with E-state index in [1.54, 1.807) is 24.2 Å². The number of hydrogen-bond donors (Lipinski definition) is 2. The van der Waals surface area contributed by atoms with Gasteiger partial charge in [-0.05, 0) is 31.9 Å². The van der Waals surface area contributed by atoms with E-state index in [1.807, 2.05) is 12.1 Å². The molecule has 0 radical (unpaired) electrons. The van der Waals surface area contributed by atoms with E-state index < -0.39 is 18.4 Å². The van der Waals surface area contributed by atoms with E-state index in [4.69, 9.17) is 5.11 Å². The second-order valence-electron chi connectivity index (χ2n) is 6.38. The Hall–Kier alpha value is -2.81. The Balaban J connectivity index is 1.71. The fourth-order valence-electron chi connectivity index (χ4n) is 3.03. The number of likely N-dealkylation sites (tertiary alicyclic amines) is 1. The van der Waals surface area contributed by atoms with Crippen LogP contribution in [0.1, 0.15) is 28.2 Å². The zero-order valence-electron chi connectivity index (χ0n) is 14.8. The first kappa shape index (κ1) is 19.0. The van der Waals surface area contributed by atoms with Crippen molar-refractivity contribution in [1.29, 1.82) is 0 Å². The summed E-state index contributed by atoms with van der Waals surface area (Å²) in [5.74, 6) is -1.95. The molecule has 1 unspecified atom stereocenters. The first-order valence-electron chi connectivity index (χ1n) is 8.62. The monoisotopic (exact) mass is 388 g/mol. The Morgan fingerprint density at radius 1 is 1.41 bits per heavy atom. The molecule has 2 aromatic heterocycles. The maximum Gasteiger partial charge on any atom is 0.322 e. The van der Waals surface area contributed by atoms with Gasteiger partial charge < -0.3 is 15.3 Å². The summed E-state index contributed by atoms with van der Waals surface area (Å²) in [7, 11) is 0. The van der Waals surface area contributed by atoms with E-state index >= 15 is 0 Å². The van der Waals surface area contributed by atoms with Gasteiger partial charge in [0.05, 0.1) is 11.6 Å². The van der Waals surface area contributed by atoms with Gasteiger partial charge in [0.1, 0.15) is 16.4 Å². The first-order valence-corrected chi connectivity index (χ1v) is 9.44. The lowest BCUT2D eigenvalue weighted by Gasteiger charge is -2.31. The lowest BCUT2D eigenvalue weighted by atomic mass is 9.97. The van der Waals surface area contributed by atoms with Gasteiger partial charge in [-0.2, -0.15) is 0 Å². The lowest BCUT2D eigenvalue weighted by Crippen LogP contribution is -2.46. The molecule has 1 saturated heterocycles. The molecule has 2 N–H and O–H groups in total. The molecule has 0 aliphatic carbocycles. The summed E-state index contributed by atoms with van der Waals surface area (Å²) in [6, 6.07) is 3.71. The van der Waals surface area contributed by atoms with Gasteiger partial charge in [0, 0.05) is 31.0 Å². The lowest BCUT2D eigenvalue weighted by molar-refractivity contribution is -0.138. The predicted octanol–water partition coefficient (Wildman–Crippen LogP) is 1.57. The van der Waals surface area contributed by atoms with Crippen LogP contribution >= 0.6 is 11.3 Å². The number of aryl methyl sites for hydroxylation is 1. The molecule has 1 aliphatic rings. The standard InChI is InChI=1S/C18H20N4O4S/c1-11-15(27-17(21-11)12-4-2-6-19-8-12)18(26)22-7-3-5-13(10-22)16(25)20-9-14(23)24/h2,4,6,8,13H,3,5,7,9-10H2,1H3,(H,20,25)(H,23,24). The molecule has 1 atom stereocenters. The molecule has 27 heavy (non-hydrogen) atoms. The summed E-state index contributed by atoms with van der Waals surface area (Å²) in [5.41, 5.74) is 1.51. The molecule has 2 aromatic rings. The van der Waals surface area contributed by atoms with E-state index in [2.05, 4.69) is 15.3 Å². The largest absolute Gasteiger partial charge is 0.480 e. The maximum atomic E-state index is 13.0. The molecule has 3 rings (SSSR count). The van der Waals surface area contributed by atoms with Gasteiger partial charge in [-0.1, -0.05) is 0 Å². The summed E-state index contributed by atoms with van der Waals surface area (Å²) in [4.78, 5) is 46.5. The third kappa shape index (κ3) is 4.48. The zero-order valence-corrected chi connectivity index (χ0v) is 15.7. The number of carboxylic acids is 1. The molecule has 3 heterocycles. The number of nitrogens with zero attached hydrogens (tertiary/aromatic N) is 3. The SMILES string of the molecule is Cc1nc(-c2cccnc2)sc1C(=O)N1CCCC(C(=O)NCC(=O)O)C1. The van der Waals surface area contributed by atoms with Crippen LogP contribution in [0, 0.1) is 12.8 Å². The minimum absolute atomic E-state index is 0.143. The van der Waals surface area contributed by atoms with Crippen molar-refractivity contribution in [2.75, 3.05) is 19.6 Å². The van der Waals surface area contributed by atoms with E-state index in [-0.39, 0.29) is 18.4 Å². The molecular weight excluding hydrogens is 368 g/mol. The fourth-order valence-corrected chi connectivity index (χ4v) is 4.06. The molecule has 0 saturated carbocycles. The van der Waals surface area contributed by atoms with Crippen LogP contribution in [0.15, 0.2) is 24.5 Å². The van der Waals surface area contributed by atoms with Crippen molar-refractivity contribution in [3.05, 3.63) is 35.1 Å². The number of amides is 2. The van der Waals surface area contributed by atoms with Crippen molar-refractivity contribution in [2.24, 2.45) is 5.92 Å².